The summed E-state index contributed by atoms with van der Waals surface area (Å²) in [6.45, 7) is -0.230. The smallest absolute Gasteiger partial charge is 0.317 e. The van der Waals surface area contributed by atoms with Gasteiger partial charge in [0.05, 0.1) is 11.0 Å². The summed E-state index contributed by atoms with van der Waals surface area (Å²) in [5.41, 5.74) is -1.04. The molecule has 2 N–H and O–H groups in total. The minimum Gasteiger partial charge on any atom is -0.354 e. The average molecular weight is 359 g/mol. The molecule has 0 radical (unpaired) electrons. The minimum atomic E-state index is -0.942. The van der Waals surface area contributed by atoms with E-state index in [1.54, 1.807) is 18.2 Å². The van der Waals surface area contributed by atoms with E-state index < -0.39 is 29.4 Å². The summed E-state index contributed by atoms with van der Waals surface area (Å²) in [7, 11) is 0. The van der Waals surface area contributed by atoms with Crippen molar-refractivity contribution in [2.45, 2.75) is 13.0 Å². The van der Waals surface area contributed by atoms with Crippen LogP contribution in [0.2, 0.25) is 0 Å². The molecule has 26 heavy (non-hydrogen) atoms. The molecule has 0 aliphatic heterocycles. The highest BCUT2D eigenvalue weighted by atomic mass is 19.1. The van der Waals surface area contributed by atoms with Gasteiger partial charge in [0, 0.05) is 6.54 Å². The van der Waals surface area contributed by atoms with Gasteiger partial charge in [0.1, 0.15) is 18.2 Å². The highest BCUT2D eigenvalue weighted by molar-refractivity contribution is 5.80. The molecule has 134 valence electrons. The van der Waals surface area contributed by atoms with E-state index in [0.717, 1.165) is 16.7 Å². The summed E-state index contributed by atoms with van der Waals surface area (Å²) in [5, 5.41) is 2.58. The normalized spacial score (nSPS) is 10.8. The number of nitrogens with zero attached hydrogens (tertiary/aromatic N) is 1. The highest BCUT2D eigenvalue weighted by Gasteiger charge is 2.12. The van der Waals surface area contributed by atoms with Crippen LogP contribution in [0.4, 0.5) is 8.78 Å². The van der Waals surface area contributed by atoms with Gasteiger partial charge in [0.15, 0.2) is 0 Å². The van der Waals surface area contributed by atoms with E-state index in [1.165, 1.54) is 12.1 Å². The van der Waals surface area contributed by atoms with E-state index in [2.05, 4.69) is 10.3 Å². The fourth-order valence-electron chi connectivity index (χ4n) is 2.65. The number of benzene rings is 2. The standard InChI is InChI=1S/C18H15F2N3O3/c19-12-5-6-15-14(9-12)22-17(25)18(26)23(15)10-16(24)21-8-7-11-3-1-2-4-13(11)20/h1-6,9H,7-8,10H2,(H,21,24)(H,22,25). The monoisotopic (exact) mass is 359 g/mol. The fourth-order valence-corrected chi connectivity index (χ4v) is 2.65. The number of H-pyrrole nitrogens is 1. The third kappa shape index (κ3) is 3.69. The van der Waals surface area contributed by atoms with Crippen LogP contribution < -0.4 is 16.4 Å². The van der Waals surface area contributed by atoms with Crippen molar-refractivity contribution in [3.63, 3.8) is 0 Å². The summed E-state index contributed by atoms with van der Waals surface area (Å²) in [5.74, 6) is -1.45. The molecule has 0 aliphatic carbocycles. The van der Waals surface area contributed by atoms with Crippen LogP contribution in [0.5, 0.6) is 0 Å². The van der Waals surface area contributed by atoms with Gasteiger partial charge in [0.2, 0.25) is 5.91 Å². The molecule has 0 saturated heterocycles. The maximum Gasteiger partial charge on any atom is 0.317 e. The van der Waals surface area contributed by atoms with Gasteiger partial charge < -0.3 is 10.3 Å². The molecule has 3 rings (SSSR count). The average Bonchev–Trinajstić information content (AvgIpc) is 2.60. The second kappa shape index (κ2) is 7.30. The Balaban J connectivity index is 1.75. The number of fused-ring (bicyclic) bond motifs is 1. The van der Waals surface area contributed by atoms with Gasteiger partial charge in [0.25, 0.3) is 0 Å². The highest BCUT2D eigenvalue weighted by Crippen LogP contribution is 2.10. The number of carbonyl (C=O) groups is 1. The summed E-state index contributed by atoms with van der Waals surface area (Å²) in [6, 6.07) is 9.74. The Kier molecular flexibility index (Phi) is 4.92. The largest absolute Gasteiger partial charge is 0.354 e. The first kappa shape index (κ1) is 17.5. The van der Waals surface area contributed by atoms with Crippen molar-refractivity contribution >= 4 is 16.9 Å². The molecule has 0 saturated carbocycles. The van der Waals surface area contributed by atoms with Gasteiger partial charge in [-0.15, -0.1) is 0 Å². The lowest BCUT2D eigenvalue weighted by Crippen LogP contribution is -2.40. The fraction of sp³-hybridized carbons (Fsp3) is 0.167. The van der Waals surface area contributed by atoms with E-state index in [9.17, 15) is 23.2 Å². The van der Waals surface area contributed by atoms with Gasteiger partial charge in [-0.05, 0) is 36.2 Å². The zero-order chi connectivity index (χ0) is 18.7. The van der Waals surface area contributed by atoms with E-state index in [0.29, 0.717) is 5.56 Å². The molecule has 0 aliphatic rings. The molecule has 0 atom stereocenters. The van der Waals surface area contributed by atoms with Crippen LogP contribution in [-0.2, 0) is 17.8 Å². The van der Waals surface area contributed by atoms with Crippen molar-refractivity contribution in [3.05, 3.63) is 80.4 Å². The Morgan fingerprint density at radius 3 is 2.65 bits per heavy atom. The van der Waals surface area contributed by atoms with E-state index in [4.69, 9.17) is 0 Å². The zero-order valence-corrected chi connectivity index (χ0v) is 13.6. The first-order chi connectivity index (χ1) is 12.5. The third-order valence-corrected chi connectivity index (χ3v) is 3.91. The molecule has 0 spiro atoms. The van der Waals surface area contributed by atoms with E-state index >= 15 is 0 Å². The molecule has 6 nitrogen and oxygen atoms in total. The van der Waals surface area contributed by atoms with E-state index in [1.807, 2.05) is 0 Å². The Hall–Kier alpha value is -3.29. The summed E-state index contributed by atoms with van der Waals surface area (Å²) in [6.07, 6.45) is 0.286. The third-order valence-electron chi connectivity index (χ3n) is 3.91. The number of aromatic amines is 1. The molecule has 1 heterocycles. The molecule has 0 bridgehead atoms. The van der Waals surface area contributed by atoms with Crippen LogP contribution in [0.3, 0.4) is 0 Å². The molecule has 0 fully saturated rings. The van der Waals surface area contributed by atoms with Crippen molar-refractivity contribution < 1.29 is 13.6 Å². The van der Waals surface area contributed by atoms with Crippen LogP contribution in [0, 0.1) is 11.6 Å². The predicted molar refractivity (Wildman–Crippen MR) is 91.9 cm³/mol. The maximum atomic E-state index is 13.5. The van der Waals surface area contributed by atoms with Crippen molar-refractivity contribution in [1.82, 2.24) is 14.9 Å². The number of aromatic nitrogens is 2. The summed E-state index contributed by atoms with van der Waals surface area (Å²) >= 11 is 0. The number of rotatable bonds is 5. The van der Waals surface area contributed by atoms with Gasteiger partial charge in [-0.25, -0.2) is 8.78 Å². The van der Waals surface area contributed by atoms with Crippen LogP contribution in [-0.4, -0.2) is 22.0 Å². The van der Waals surface area contributed by atoms with Crippen molar-refractivity contribution in [1.29, 1.82) is 0 Å². The van der Waals surface area contributed by atoms with Gasteiger partial charge >= 0.3 is 11.1 Å². The van der Waals surface area contributed by atoms with Gasteiger partial charge in [-0.2, -0.15) is 0 Å². The van der Waals surface area contributed by atoms with Crippen LogP contribution in [0.25, 0.3) is 11.0 Å². The Labute approximate surface area is 146 Å². The molecule has 2 aromatic carbocycles. The molecular formula is C18H15F2N3O3. The van der Waals surface area contributed by atoms with Crippen LogP contribution in [0.1, 0.15) is 5.56 Å². The topological polar surface area (TPSA) is 84.0 Å². The van der Waals surface area contributed by atoms with E-state index in [-0.39, 0.29) is 29.8 Å². The molecule has 3 aromatic rings. The zero-order valence-electron chi connectivity index (χ0n) is 13.6. The lowest BCUT2D eigenvalue weighted by Gasteiger charge is -2.10. The predicted octanol–water partition coefficient (Wildman–Crippen LogP) is 1.33. The molecule has 1 amide bonds. The number of hydrogen-bond acceptors (Lipinski definition) is 3. The lowest BCUT2D eigenvalue weighted by molar-refractivity contribution is -0.121. The Morgan fingerprint density at radius 2 is 1.88 bits per heavy atom. The second-order valence-corrected chi connectivity index (χ2v) is 5.70. The lowest BCUT2D eigenvalue weighted by atomic mass is 10.1. The van der Waals surface area contributed by atoms with Crippen molar-refractivity contribution in [2.75, 3.05) is 6.54 Å². The first-order valence-corrected chi connectivity index (χ1v) is 7.88. The van der Waals surface area contributed by atoms with Gasteiger partial charge in [-0.1, -0.05) is 18.2 Å². The molecule has 0 unspecified atom stereocenters. The number of halogens is 2. The van der Waals surface area contributed by atoms with Crippen LogP contribution >= 0.6 is 0 Å². The Bertz CT molecular complexity index is 1090. The van der Waals surface area contributed by atoms with Crippen molar-refractivity contribution in [2.24, 2.45) is 0 Å². The Morgan fingerprint density at radius 1 is 1.12 bits per heavy atom. The molecular weight excluding hydrogens is 344 g/mol. The molecule has 8 heteroatoms. The minimum absolute atomic E-state index is 0.119. The maximum absolute atomic E-state index is 13.5. The number of amides is 1. The quantitative estimate of drug-likeness (QED) is 0.674. The second-order valence-electron chi connectivity index (χ2n) is 5.70. The van der Waals surface area contributed by atoms with Crippen molar-refractivity contribution in [3.8, 4) is 0 Å². The SMILES string of the molecule is O=C(Cn1c(=O)c(=O)[nH]c2cc(F)ccc21)NCCc1ccccc1F. The number of carbonyl (C=O) groups excluding carboxylic acids is 1. The summed E-state index contributed by atoms with van der Waals surface area (Å²) in [4.78, 5) is 38.1. The summed E-state index contributed by atoms with van der Waals surface area (Å²) < 4.78 is 27.8. The number of nitrogens with one attached hydrogen (secondary N) is 2. The first-order valence-electron chi connectivity index (χ1n) is 7.88. The van der Waals surface area contributed by atoms with Gasteiger partial charge in [-0.3, -0.25) is 19.0 Å². The number of hydrogen-bond donors (Lipinski definition) is 2. The molecule has 1 aromatic heterocycles. The van der Waals surface area contributed by atoms with Crippen LogP contribution in [0.15, 0.2) is 52.1 Å².